The Bertz CT molecular complexity index is 1330. The van der Waals surface area contributed by atoms with Crippen LogP contribution in [0.3, 0.4) is 0 Å². The molecule has 0 radical (unpaired) electrons. The summed E-state index contributed by atoms with van der Waals surface area (Å²) in [5, 5.41) is 5.53. The number of halogens is 1. The van der Waals surface area contributed by atoms with Crippen LogP contribution in [-0.4, -0.2) is 56.7 Å². The Labute approximate surface area is 190 Å². The second kappa shape index (κ2) is 7.95. The van der Waals surface area contributed by atoms with Gasteiger partial charge in [-0.2, -0.15) is 5.10 Å². The molecule has 2 fully saturated rings. The van der Waals surface area contributed by atoms with Crippen LogP contribution in [0.2, 0.25) is 0 Å². The lowest BCUT2D eigenvalue weighted by atomic mass is 10.1. The molecule has 0 atom stereocenters. The highest BCUT2D eigenvalue weighted by molar-refractivity contribution is 5.94. The fourth-order valence-corrected chi connectivity index (χ4v) is 4.36. The molecular formula is C25H23FN6O. The number of para-hydroxylation sites is 1. The van der Waals surface area contributed by atoms with Crippen LogP contribution < -0.4 is 4.90 Å². The van der Waals surface area contributed by atoms with Crippen molar-refractivity contribution in [2.24, 2.45) is 0 Å². The maximum Gasteiger partial charge on any atom is 0.254 e. The summed E-state index contributed by atoms with van der Waals surface area (Å²) in [6.45, 7) is 2.39. The molecule has 7 nitrogen and oxygen atoms in total. The number of piperazine rings is 1. The molecule has 2 aromatic heterocycles. The van der Waals surface area contributed by atoms with Gasteiger partial charge in [0.1, 0.15) is 17.5 Å². The van der Waals surface area contributed by atoms with Crippen LogP contribution in [0, 0.1) is 5.82 Å². The summed E-state index contributed by atoms with van der Waals surface area (Å²) in [4.78, 5) is 26.6. The minimum Gasteiger partial charge on any atom is -0.352 e. The van der Waals surface area contributed by atoms with Gasteiger partial charge in [0.2, 0.25) is 0 Å². The summed E-state index contributed by atoms with van der Waals surface area (Å²) in [5.74, 6) is 1.61. The molecule has 6 rings (SSSR count). The number of hydrogen-bond acceptors (Lipinski definition) is 5. The summed E-state index contributed by atoms with van der Waals surface area (Å²) in [5.41, 5.74) is 2.16. The van der Waals surface area contributed by atoms with Gasteiger partial charge in [-0.15, -0.1) is 0 Å². The summed E-state index contributed by atoms with van der Waals surface area (Å²) in [7, 11) is 0. The van der Waals surface area contributed by atoms with Gasteiger partial charge in [0.15, 0.2) is 5.65 Å². The number of anilines is 1. The average Bonchev–Trinajstić information content (AvgIpc) is 3.63. The van der Waals surface area contributed by atoms with Crippen LogP contribution in [0.15, 0.2) is 60.8 Å². The zero-order valence-electron chi connectivity index (χ0n) is 18.1. The molecule has 166 valence electrons. The maximum absolute atomic E-state index is 13.6. The SMILES string of the molecule is O=C(c1cccc(F)c1)N1CCN(c2nc(C3CC3)nc3c2cnn3-c2ccccc2)CC1. The van der Waals surface area contributed by atoms with Gasteiger partial charge in [-0.1, -0.05) is 24.3 Å². The van der Waals surface area contributed by atoms with Crippen LogP contribution in [-0.2, 0) is 0 Å². The molecule has 1 aliphatic carbocycles. The Morgan fingerprint density at radius 1 is 0.939 bits per heavy atom. The Kier molecular flexibility index (Phi) is 4.78. The van der Waals surface area contributed by atoms with Crippen molar-refractivity contribution in [3.05, 3.63) is 78.0 Å². The molecule has 1 amide bonds. The zero-order chi connectivity index (χ0) is 22.4. The third-order valence-electron chi connectivity index (χ3n) is 6.31. The molecule has 2 aliphatic rings. The summed E-state index contributed by atoms with van der Waals surface area (Å²) < 4.78 is 15.4. The molecule has 1 saturated carbocycles. The van der Waals surface area contributed by atoms with E-state index in [1.807, 2.05) is 41.2 Å². The van der Waals surface area contributed by atoms with Gasteiger partial charge in [-0.25, -0.2) is 19.0 Å². The molecule has 1 saturated heterocycles. The van der Waals surface area contributed by atoms with Crippen molar-refractivity contribution in [1.29, 1.82) is 0 Å². The number of hydrogen-bond donors (Lipinski definition) is 0. The fraction of sp³-hybridized carbons (Fsp3) is 0.280. The number of rotatable bonds is 4. The first-order valence-electron chi connectivity index (χ1n) is 11.3. The minimum atomic E-state index is -0.397. The third kappa shape index (κ3) is 3.71. The van der Waals surface area contributed by atoms with E-state index in [2.05, 4.69) is 10.00 Å². The number of carbonyl (C=O) groups is 1. The number of aromatic nitrogens is 4. The molecule has 4 aromatic rings. The molecule has 0 spiro atoms. The lowest BCUT2D eigenvalue weighted by Gasteiger charge is -2.35. The number of fused-ring (bicyclic) bond motifs is 1. The van der Waals surface area contributed by atoms with E-state index >= 15 is 0 Å². The molecule has 0 unspecified atom stereocenters. The highest BCUT2D eigenvalue weighted by Crippen LogP contribution is 2.40. The van der Waals surface area contributed by atoms with Gasteiger partial charge < -0.3 is 9.80 Å². The molecule has 0 bridgehead atoms. The standard InChI is InChI=1S/C25H23FN6O/c26-19-6-4-5-18(15-19)25(33)31-13-11-30(12-14-31)23-21-16-27-32(20-7-2-1-3-8-20)24(21)29-22(28-23)17-9-10-17/h1-8,15-17H,9-14H2. The molecule has 8 heteroatoms. The van der Waals surface area contributed by atoms with Crippen LogP contribution >= 0.6 is 0 Å². The highest BCUT2D eigenvalue weighted by Gasteiger charge is 2.31. The predicted molar refractivity (Wildman–Crippen MR) is 123 cm³/mol. The van der Waals surface area contributed by atoms with E-state index in [9.17, 15) is 9.18 Å². The fourth-order valence-electron chi connectivity index (χ4n) is 4.36. The average molecular weight is 442 g/mol. The number of amides is 1. The van der Waals surface area contributed by atoms with Crippen LogP contribution in [0.5, 0.6) is 0 Å². The summed E-state index contributed by atoms with van der Waals surface area (Å²) >= 11 is 0. The second-order valence-electron chi connectivity index (χ2n) is 8.60. The molecular weight excluding hydrogens is 419 g/mol. The smallest absolute Gasteiger partial charge is 0.254 e. The molecule has 0 N–H and O–H groups in total. The van der Waals surface area contributed by atoms with Gasteiger partial charge in [0, 0.05) is 37.7 Å². The number of nitrogens with zero attached hydrogens (tertiary/aromatic N) is 6. The Hall–Kier alpha value is -3.81. The Balaban J connectivity index is 1.30. The molecule has 3 heterocycles. The van der Waals surface area contributed by atoms with E-state index < -0.39 is 5.82 Å². The molecule has 33 heavy (non-hydrogen) atoms. The lowest BCUT2D eigenvalue weighted by molar-refractivity contribution is 0.0746. The maximum atomic E-state index is 13.6. The van der Waals surface area contributed by atoms with E-state index in [1.54, 1.807) is 17.0 Å². The largest absolute Gasteiger partial charge is 0.352 e. The van der Waals surface area contributed by atoms with Crippen LogP contribution in [0.25, 0.3) is 16.7 Å². The van der Waals surface area contributed by atoms with E-state index in [0.717, 1.165) is 41.2 Å². The van der Waals surface area contributed by atoms with Crippen molar-refractivity contribution in [2.75, 3.05) is 31.1 Å². The normalized spacial score (nSPS) is 16.4. The van der Waals surface area contributed by atoms with E-state index in [1.165, 1.54) is 12.1 Å². The topological polar surface area (TPSA) is 67.2 Å². The second-order valence-corrected chi connectivity index (χ2v) is 8.60. The molecule has 2 aromatic carbocycles. The van der Waals surface area contributed by atoms with Gasteiger partial charge in [0.25, 0.3) is 5.91 Å². The van der Waals surface area contributed by atoms with E-state index in [4.69, 9.17) is 9.97 Å². The van der Waals surface area contributed by atoms with E-state index in [-0.39, 0.29) is 5.91 Å². The van der Waals surface area contributed by atoms with Crippen molar-refractivity contribution in [2.45, 2.75) is 18.8 Å². The first-order chi connectivity index (χ1) is 16.2. The summed E-state index contributed by atoms with van der Waals surface area (Å²) in [6, 6.07) is 15.9. The van der Waals surface area contributed by atoms with Crippen molar-refractivity contribution >= 4 is 22.8 Å². The van der Waals surface area contributed by atoms with E-state index in [0.29, 0.717) is 37.7 Å². The third-order valence-corrected chi connectivity index (χ3v) is 6.31. The zero-order valence-corrected chi connectivity index (χ0v) is 18.1. The van der Waals surface area contributed by atoms with Gasteiger partial charge in [-0.3, -0.25) is 4.79 Å². The van der Waals surface area contributed by atoms with Crippen LogP contribution in [0.4, 0.5) is 10.2 Å². The quantitative estimate of drug-likeness (QED) is 0.481. The highest BCUT2D eigenvalue weighted by atomic mass is 19.1. The number of carbonyl (C=O) groups excluding carboxylic acids is 1. The summed E-state index contributed by atoms with van der Waals surface area (Å²) in [6.07, 6.45) is 4.05. The first kappa shape index (κ1) is 19.8. The van der Waals surface area contributed by atoms with Crippen molar-refractivity contribution in [1.82, 2.24) is 24.6 Å². The van der Waals surface area contributed by atoms with Crippen LogP contribution in [0.1, 0.15) is 34.9 Å². The Morgan fingerprint density at radius 2 is 1.73 bits per heavy atom. The van der Waals surface area contributed by atoms with Gasteiger partial charge >= 0.3 is 0 Å². The van der Waals surface area contributed by atoms with Crippen molar-refractivity contribution in [3.63, 3.8) is 0 Å². The van der Waals surface area contributed by atoms with Gasteiger partial charge in [-0.05, 0) is 43.2 Å². The minimum absolute atomic E-state index is 0.141. The van der Waals surface area contributed by atoms with Crippen molar-refractivity contribution < 1.29 is 9.18 Å². The Morgan fingerprint density at radius 3 is 2.45 bits per heavy atom. The van der Waals surface area contributed by atoms with Crippen molar-refractivity contribution in [3.8, 4) is 5.69 Å². The lowest BCUT2D eigenvalue weighted by Crippen LogP contribution is -2.49. The molecule has 1 aliphatic heterocycles. The monoisotopic (exact) mass is 442 g/mol. The first-order valence-corrected chi connectivity index (χ1v) is 11.3. The predicted octanol–water partition coefficient (Wildman–Crippen LogP) is 3.79. The van der Waals surface area contributed by atoms with Gasteiger partial charge in [0.05, 0.1) is 17.3 Å². The number of benzene rings is 2.